The van der Waals surface area contributed by atoms with Gasteiger partial charge in [0.2, 0.25) is 0 Å². The van der Waals surface area contributed by atoms with Gasteiger partial charge in [-0.05, 0) is 48.8 Å². The number of nitrogens with one attached hydrogen (secondary N) is 2. The Hall–Kier alpha value is -2.71. The van der Waals surface area contributed by atoms with Crippen molar-refractivity contribution in [2.45, 2.75) is 25.3 Å². The van der Waals surface area contributed by atoms with E-state index in [1.54, 1.807) is 24.4 Å². The Balaban J connectivity index is 1.66. The molecule has 2 aromatic rings. The van der Waals surface area contributed by atoms with E-state index in [4.69, 9.17) is 21.7 Å². The largest absolute Gasteiger partial charge is 0.497 e. The molecule has 1 unspecified atom stereocenters. The third-order valence-electron chi connectivity index (χ3n) is 4.66. The molecule has 1 aromatic heterocycles. The van der Waals surface area contributed by atoms with Crippen LogP contribution in [-0.4, -0.2) is 41.8 Å². The second-order valence-electron chi connectivity index (χ2n) is 6.49. The molecule has 2 heterocycles. The quantitative estimate of drug-likeness (QED) is 0.748. The molecule has 0 bridgehead atoms. The topological polar surface area (TPSA) is 75.7 Å². The van der Waals surface area contributed by atoms with E-state index in [2.05, 4.69) is 26.8 Å². The van der Waals surface area contributed by atoms with E-state index in [1.807, 2.05) is 12.3 Å². The van der Waals surface area contributed by atoms with Crippen molar-refractivity contribution in [1.29, 1.82) is 0 Å². The number of thiocarbonyl (C=S) groups is 1. The van der Waals surface area contributed by atoms with E-state index >= 15 is 0 Å². The van der Waals surface area contributed by atoms with Crippen LogP contribution in [0.4, 0.5) is 0 Å². The lowest BCUT2D eigenvalue weighted by Crippen LogP contribution is -2.51. The first-order chi connectivity index (χ1) is 13.6. The molecule has 3 rings (SSSR count). The Morgan fingerprint density at radius 1 is 1.21 bits per heavy atom. The van der Waals surface area contributed by atoms with Gasteiger partial charge in [0.15, 0.2) is 5.11 Å². The van der Waals surface area contributed by atoms with Gasteiger partial charge in [0.1, 0.15) is 11.5 Å². The fourth-order valence-corrected chi connectivity index (χ4v) is 3.47. The molecule has 7 nitrogen and oxygen atoms in total. The molecule has 2 N–H and O–H groups in total. The minimum Gasteiger partial charge on any atom is -0.497 e. The van der Waals surface area contributed by atoms with Crippen LogP contribution < -0.4 is 20.2 Å². The summed E-state index contributed by atoms with van der Waals surface area (Å²) in [5.74, 6) is 0.747. The molecule has 1 saturated heterocycles. The van der Waals surface area contributed by atoms with Gasteiger partial charge in [0, 0.05) is 30.6 Å². The van der Waals surface area contributed by atoms with Crippen LogP contribution in [0.15, 0.2) is 42.7 Å². The molecule has 1 aliphatic rings. The standard InChI is InChI=1S/C20H24N4O3S/c1-26-16-10-15(11-17(12-16)27-2)19(25)22-20(28)23-24-9-4-3-7-18(24)14-6-5-8-21-13-14/h5-6,8,10-13,18H,3-4,7,9H2,1-2H3,(H2,22,23,25,28). The van der Waals surface area contributed by atoms with Crippen molar-refractivity contribution in [2.24, 2.45) is 0 Å². The van der Waals surface area contributed by atoms with Crippen LogP contribution in [0.2, 0.25) is 0 Å². The van der Waals surface area contributed by atoms with Gasteiger partial charge in [-0.15, -0.1) is 0 Å². The predicted octanol–water partition coefficient (Wildman–Crippen LogP) is 2.85. The normalized spacial score (nSPS) is 16.9. The maximum absolute atomic E-state index is 12.6. The maximum Gasteiger partial charge on any atom is 0.257 e. The lowest BCUT2D eigenvalue weighted by atomic mass is 9.98. The summed E-state index contributed by atoms with van der Waals surface area (Å²) in [7, 11) is 3.08. The lowest BCUT2D eigenvalue weighted by molar-refractivity contribution is 0.0957. The SMILES string of the molecule is COc1cc(OC)cc(C(=O)NC(=S)NN2CCCCC2c2cccnc2)c1. The zero-order valence-electron chi connectivity index (χ0n) is 16.0. The Kier molecular flexibility index (Phi) is 6.78. The van der Waals surface area contributed by atoms with Gasteiger partial charge in [0.25, 0.3) is 5.91 Å². The zero-order chi connectivity index (χ0) is 19.9. The molecule has 1 atom stereocenters. The molecule has 0 radical (unpaired) electrons. The highest BCUT2D eigenvalue weighted by atomic mass is 32.1. The zero-order valence-corrected chi connectivity index (χ0v) is 16.8. The van der Waals surface area contributed by atoms with Crippen LogP contribution in [0, 0.1) is 0 Å². The van der Waals surface area contributed by atoms with Crippen molar-refractivity contribution >= 4 is 23.2 Å². The average molecular weight is 401 g/mol. The van der Waals surface area contributed by atoms with E-state index in [0.29, 0.717) is 17.1 Å². The molecule has 1 amide bonds. The molecular weight excluding hydrogens is 376 g/mol. The number of carbonyl (C=O) groups is 1. The number of pyridine rings is 1. The predicted molar refractivity (Wildman–Crippen MR) is 110 cm³/mol. The maximum atomic E-state index is 12.6. The second-order valence-corrected chi connectivity index (χ2v) is 6.90. The van der Waals surface area contributed by atoms with Crippen LogP contribution in [0.5, 0.6) is 11.5 Å². The third-order valence-corrected chi connectivity index (χ3v) is 4.85. The monoisotopic (exact) mass is 400 g/mol. The van der Waals surface area contributed by atoms with Crippen LogP contribution in [0.1, 0.15) is 41.2 Å². The number of methoxy groups -OCH3 is 2. The van der Waals surface area contributed by atoms with E-state index < -0.39 is 0 Å². The van der Waals surface area contributed by atoms with Gasteiger partial charge in [0.05, 0.1) is 20.3 Å². The fourth-order valence-electron chi connectivity index (χ4n) is 3.26. The van der Waals surface area contributed by atoms with Gasteiger partial charge in [-0.2, -0.15) is 0 Å². The molecule has 0 aliphatic carbocycles. The molecule has 0 saturated carbocycles. The number of benzene rings is 1. The van der Waals surface area contributed by atoms with Crippen LogP contribution in [0.25, 0.3) is 0 Å². The number of aromatic nitrogens is 1. The number of rotatable bonds is 5. The third kappa shape index (κ3) is 4.96. The first-order valence-corrected chi connectivity index (χ1v) is 9.53. The van der Waals surface area contributed by atoms with E-state index in [1.165, 1.54) is 14.2 Å². The molecule has 1 aromatic carbocycles. The first kappa shape index (κ1) is 20.0. The first-order valence-electron chi connectivity index (χ1n) is 9.12. The van der Waals surface area contributed by atoms with Crippen molar-refractivity contribution in [3.63, 3.8) is 0 Å². The Morgan fingerprint density at radius 3 is 2.61 bits per heavy atom. The van der Waals surface area contributed by atoms with Crippen molar-refractivity contribution in [3.8, 4) is 11.5 Å². The number of hydrazine groups is 1. The second kappa shape index (κ2) is 9.48. The van der Waals surface area contributed by atoms with Crippen molar-refractivity contribution in [1.82, 2.24) is 20.7 Å². The molecule has 1 aliphatic heterocycles. The van der Waals surface area contributed by atoms with Gasteiger partial charge in [-0.1, -0.05) is 12.5 Å². The average Bonchev–Trinajstić information content (AvgIpc) is 2.74. The number of amides is 1. The summed E-state index contributed by atoms with van der Waals surface area (Å²) < 4.78 is 10.4. The minimum absolute atomic E-state index is 0.161. The van der Waals surface area contributed by atoms with Crippen molar-refractivity contribution in [3.05, 3.63) is 53.9 Å². The highest BCUT2D eigenvalue weighted by Crippen LogP contribution is 2.28. The minimum atomic E-state index is -0.329. The molecule has 148 valence electrons. The summed E-state index contributed by atoms with van der Waals surface area (Å²) in [5.41, 5.74) is 4.70. The van der Waals surface area contributed by atoms with Crippen LogP contribution >= 0.6 is 12.2 Å². The summed E-state index contributed by atoms with van der Waals surface area (Å²) in [4.78, 5) is 16.8. The number of nitrogens with zero attached hydrogens (tertiary/aromatic N) is 2. The smallest absolute Gasteiger partial charge is 0.257 e. The molecule has 8 heteroatoms. The number of hydrogen-bond acceptors (Lipinski definition) is 6. The Morgan fingerprint density at radius 2 is 1.96 bits per heavy atom. The van der Waals surface area contributed by atoms with Crippen molar-refractivity contribution < 1.29 is 14.3 Å². The number of ether oxygens (including phenoxy) is 2. The van der Waals surface area contributed by atoms with E-state index in [9.17, 15) is 4.79 Å². The number of hydrogen-bond donors (Lipinski definition) is 2. The summed E-state index contributed by atoms with van der Waals surface area (Å²) in [6, 6.07) is 9.13. The number of carbonyl (C=O) groups excluding carboxylic acids is 1. The lowest BCUT2D eigenvalue weighted by Gasteiger charge is -2.36. The van der Waals surface area contributed by atoms with Gasteiger partial charge in [-0.25, -0.2) is 5.01 Å². The molecular formula is C20H24N4O3S. The fraction of sp³-hybridized carbons (Fsp3) is 0.350. The highest BCUT2D eigenvalue weighted by molar-refractivity contribution is 7.80. The van der Waals surface area contributed by atoms with E-state index in [0.717, 1.165) is 31.4 Å². The molecule has 1 fully saturated rings. The van der Waals surface area contributed by atoms with Crippen LogP contribution in [-0.2, 0) is 0 Å². The Labute approximate surface area is 170 Å². The summed E-state index contributed by atoms with van der Waals surface area (Å²) in [5, 5.41) is 5.05. The highest BCUT2D eigenvalue weighted by Gasteiger charge is 2.25. The summed E-state index contributed by atoms with van der Waals surface area (Å²) >= 11 is 5.37. The number of piperidine rings is 1. The molecule has 28 heavy (non-hydrogen) atoms. The van der Waals surface area contributed by atoms with Crippen LogP contribution in [0.3, 0.4) is 0 Å². The van der Waals surface area contributed by atoms with Gasteiger partial charge in [-0.3, -0.25) is 20.5 Å². The van der Waals surface area contributed by atoms with Crippen molar-refractivity contribution in [2.75, 3.05) is 20.8 Å². The summed E-state index contributed by atoms with van der Waals surface area (Å²) in [6.07, 6.45) is 6.84. The Bertz CT molecular complexity index is 809. The molecule has 0 spiro atoms. The summed E-state index contributed by atoms with van der Waals surface area (Å²) in [6.45, 7) is 0.836. The van der Waals surface area contributed by atoms with E-state index in [-0.39, 0.29) is 17.1 Å². The van der Waals surface area contributed by atoms with Gasteiger partial charge < -0.3 is 9.47 Å². The van der Waals surface area contributed by atoms with Gasteiger partial charge >= 0.3 is 0 Å².